The number of hydrogen-bond acceptors (Lipinski definition) is 4. The summed E-state index contributed by atoms with van der Waals surface area (Å²) in [6.45, 7) is 7.03. The predicted molar refractivity (Wildman–Crippen MR) is 129 cm³/mol. The van der Waals surface area contributed by atoms with Crippen LogP contribution in [0.2, 0.25) is 0 Å². The minimum Gasteiger partial charge on any atom is -0.494 e. The van der Waals surface area contributed by atoms with E-state index in [1.807, 2.05) is 69.3 Å². The molecule has 0 unspecified atom stereocenters. The quantitative estimate of drug-likeness (QED) is 0.518. The molecule has 6 nitrogen and oxygen atoms in total. The third-order valence-corrected chi connectivity index (χ3v) is 5.75. The molecule has 0 bridgehead atoms. The second kappa shape index (κ2) is 9.77. The second-order valence-corrected chi connectivity index (χ2v) is 8.28. The summed E-state index contributed by atoms with van der Waals surface area (Å²) in [4.78, 5) is 26.8. The first-order valence-electron chi connectivity index (χ1n) is 11.1. The van der Waals surface area contributed by atoms with Gasteiger partial charge in [0.25, 0.3) is 11.8 Å². The highest BCUT2D eigenvalue weighted by Gasteiger charge is 2.25. The number of amides is 2. The van der Waals surface area contributed by atoms with Crippen LogP contribution in [0, 0.1) is 20.8 Å². The van der Waals surface area contributed by atoms with Crippen molar-refractivity contribution in [2.45, 2.75) is 27.2 Å². The van der Waals surface area contributed by atoms with Crippen LogP contribution in [-0.4, -0.2) is 31.6 Å². The molecule has 0 aromatic heterocycles. The van der Waals surface area contributed by atoms with Crippen molar-refractivity contribution in [3.05, 3.63) is 82.9 Å². The van der Waals surface area contributed by atoms with E-state index < -0.39 is 0 Å². The third-order valence-electron chi connectivity index (χ3n) is 5.75. The molecule has 1 aliphatic rings. The summed E-state index contributed by atoms with van der Waals surface area (Å²) in [5.41, 5.74) is 5.31. The van der Waals surface area contributed by atoms with Crippen LogP contribution >= 0.6 is 0 Å². The first kappa shape index (κ1) is 22.4. The number of carbonyl (C=O) groups excluding carboxylic acids is 2. The molecule has 4 rings (SSSR count). The lowest BCUT2D eigenvalue weighted by Crippen LogP contribution is -2.39. The average molecular weight is 445 g/mol. The molecule has 1 N–H and O–H groups in total. The number of ether oxygens (including phenoxy) is 2. The molecule has 0 radical (unpaired) electrons. The Bertz CT molecular complexity index is 1170. The number of hydrogen-bond donors (Lipinski definition) is 1. The van der Waals surface area contributed by atoms with Gasteiger partial charge in [-0.15, -0.1) is 0 Å². The number of benzene rings is 3. The van der Waals surface area contributed by atoms with Crippen molar-refractivity contribution in [2.24, 2.45) is 0 Å². The molecule has 0 atom stereocenters. The Morgan fingerprint density at radius 1 is 1.00 bits per heavy atom. The number of carbonyl (C=O) groups is 2. The standard InChI is InChI=1S/C27H28N2O4/c1-18-5-10-23(11-6-18)32-14-4-13-29-24-12-9-22(16-25(24)33-17-26(29)30)28-27(31)21-8-7-19(2)20(3)15-21/h5-12,15-16H,4,13-14,17H2,1-3H3,(H,28,31). The molecular weight excluding hydrogens is 416 g/mol. The summed E-state index contributed by atoms with van der Waals surface area (Å²) in [7, 11) is 0. The van der Waals surface area contributed by atoms with Crippen molar-refractivity contribution >= 4 is 23.2 Å². The van der Waals surface area contributed by atoms with Gasteiger partial charge in [-0.05, 0) is 74.7 Å². The van der Waals surface area contributed by atoms with Gasteiger partial charge in [-0.25, -0.2) is 0 Å². The smallest absolute Gasteiger partial charge is 0.265 e. The maximum atomic E-state index is 12.6. The zero-order valence-corrected chi connectivity index (χ0v) is 19.2. The van der Waals surface area contributed by atoms with E-state index in [0.717, 1.165) is 16.9 Å². The number of nitrogens with one attached hydrogen (secondary N) is 1. The molecule has 0 saturated heterocycles. The molecule has 0 saturated carbocycles. The molecule has 2 amide bonds. The van der Waals surface area contributed by atoms with Gasteiger partial charge in [-0.3, -0.25) is 9.59 Å². The van der Waals surface area contributed by atoms with Gasteiger partial charge in [-0.2, -0.15) is 0 Å². The molecule has 1 heterocycles. The minimum atomic E-state index is -0.185. The van der Waals surface area contributed by atoms with Gasteiger partial charge in [0.2, 0.25) is 0 Å². The van der Waals surface area contributed by atoms with Gasteiger partial charge < -0.3 is 19.7 Å². The van der Waals surface area contributed by atoms with Gasteiger partial charge in [0.05, 0.1) is 12.3 Å². The molecule has 33 heavy (non-hydrogen) atoms. The van der Waals surface area contributed by atoms with Gasteiger partial charge in [0.15, 0.2) is 6.61 Å². The first-order valence-corrected chi connectivity index (χ1v) is 11.1. The molecule has 6 heteroatoms. The van der Waals surface area contributed by atoms with E-state index in [1.165, 1.54) is 5.56 Å². The molecular formula is C27H28N2O4. The third kappa shape index (κ3) is 5.34. The van der Waals surface area contributed by atoms with Crippen LogP contribution in [-0.2, 0) is 4.79 Å². The number of anilines is 2. The Morgan fingerprint density at radius 3 is 2.55 bits per heavy atom. The van der Waals surface area contributed by atoms with E-state index in [4.69, 9.17) is 9.47 Å². The summed E-state index contributed by atoms with van der Waals surface area (Å²) in [6.07, 6.45) is 0.685. The molecule has 0 aliphatic carbocycles. The molecule has 3 aromatic rings. The van der Waals surface area contributed by atoms with Crippen molar-refractivity contribution < 1.29 is 19.1 Å². The van der Waals surface area contributed by atoms with E-state index in [-0.39, 0.29) is 18.4 Å². The summed E-state index contributed by atoms with van der Waals surface area (Å²) < 4.78 is 11.4. The van der Waals surface area contributed by atoms with Crippen LogP contribution in [0.5, 0.6) is 11.5 Å². The summed E-state index contributed by atoms with van der Waals surface area (Å²) in [5.74, 6) is 1.12. The van der Waals surface area contributed by atoms with E-state index in [9.17, 15) is 9.59 Å². The van der Waals surface area contributed by atoms with Gasteiger partial charge >= 0.3 is 0 Å². The Morgan fingerprint density at radius 2 is 1.79 bits per heavy atom. The first-order chi connectivity index (χ1) is 15.9. The Kier molecular flexibility index (Phi) is 6.63. The fourth-order valence-corrected chi connectivity index (χ4v) is 3.66. The maximum absolute atomic E-state index is 12.6. The largest absolute Gasteiger partial charge is 0.494 e. The maximum Gasteiger partial charge on any atom is 0.265 e. The van der Waals surface area contributed by atoms with Crippen LogP contribution in [0.25, 0.3) is 0 Å². The number of fused-ring (bicyclic) bond motifs is 1. The van der Waals surface area contributed by atoms with Crippen molar-refractivity contribution in [3.63, 3.8) is 0 Å². The Balaban J connectivity index is 1.39. The van der Waals surface area contributed by atoms with E-state index >= 15 is 0 Å². The highest BCUT2D eigenvalue weighted by atomic mass is 16.5. The highest BCUT2D eigenvalue weighted by Crippen LogP contribution is 2.34. The van der Waals surface area contributed by atoms with Crippen molar-refractivity contribution in [1.82, 2.24) is 0 Å². The summed E-state index contributed by atoms with van der Waals surface area (Å²) >= 11 is 0. The number of nitrogens with zero attached hydrogens (tertiary/aromatic N) is 1. The predicted octanol–water partition coefficient (Wildman–Crippen LogP) is 5.06. The lowest BCUT2D eigenvalue weighted by atomic mass is 10.1. The van der Waals surface area contributed by atoms with E-state index in [0.29, 0.717) is 42.3 Å². The minimum absolute atomic E-state index is 0.0274. The summed E-state index contributed by atoms with van der Waals surface area (Å²) in [6, 6.07) is 18.9. The topological polar surface area (TPSA) is 67.9 Å². The number of aryl methyl sites for hydroxylation is 3. The molecule has 0 spiro atoms. The Hall–Kier alpha value is -3.80. The normalized spacial score (nSPS) is 12.7. The SMILES string of the molecule is Cc1ccc(OCCCN2C(=O)COc3cc(NC(=O)c4ccc(C)c(C)c4)ccc32)cc1. The lowest BCUT2D eigenvalue weighted by molar-refractivity contribution is -0.121. The van der Waals surface area contributed by atoms with Crippen molar-refractivity contribution in [2.75, 3.05) is 30.0 Å². The molecule has 3 aromatic carbocycles. The monoisotopic (exact) mass is 444 g/mol. The summed E-state index contributed by atoms with van der Waals surface area (Å²) in [5, 5.41) is 2.91. The van der Waals surface area contributed by atoms with Gasteiger partial charge in [-0.1, -0.05) is 23.8 Å². The van der Waals surface area contributed by atoms with Gasteiger partial charge in [0, 0.05) is 23.9 Å². The average Bonchev–Trinajstić information content (AvgIpc) is 2.81. The van der Waals surface area contributed by atoms with E-state index in [2.05, 4.69) is 5.32 Å². The fraction of sp³-hybridized carbons (Fsp3) is 0.259. The Labute approximate surface area is 194 Å². The van der Waals surface area contributed by atoms with Crippen LogP contribution in [0.4, 0.5) is 11.4 Å². The van der Waals surface area contributed by atoms with Gasteiger partial charge in [0.1, 0.15) is 11.5 Å². The molecule has 1 aliphatic heterocycles. The zero-order chi connectivity index (χ0) is 23.4. The van der Waals surface area contributed by atoms with Crippen molar-refractivity contribution in [1.29, 1.82) is 0 Å². The van der Waals surface area contributed by atoms with Crippen LogP contribution in [0.15, 0.2) is 60.7 Å². The zero-order valence-electron chi connectivity index (χ0n) is 19.2. The van der Waals surface area contributed by atoms with E-state index in [1.54, 1.807) is 17.0 Å². The van der Waals surface area contributed by atoms with Crippen LogP contribution < -0.4 is 19.7 Å². The number of rotatable bonds is 7. The van der Waals surface area contributed by atoms with Crippen molar-refractivity contribution in [3.8, 4) is 11.5 Å². The fourth-order valence-electron chi connectivity index (χ4n) is 3.66. The molecule has 170 valence electrons. The second-order valence-electron chi connectivity index (χ2n) is 8.28. The van der Waals surface area contributed by atoms with Crippen LogP contribution in [0.3, 0.4) is 0 Å². The lowest BCUT2D eigenvalue weighted by Gasteiger charge is -2.29. The molecule has 0 fully saturated rings. The highest BCUT2D eigenvalue weighted by molar-refractivity contribution is 6.05. The van der Waals surface area contributed by atoms with Crippen LogP contribution in [0.1, 0.15) is 33.5 Å².